The summed E-state index contributed by atoms with van der Waals surface area (Å²) in [4.78, 5) is 27.4. The van der Waals surface area contributed by atoms with Gasteiger partial charge in [0, 0.05) is 38.1 Å². The SMILES string of the molecule is CN(CC(=O)N1CCC[C@@H]1[C@@H]1CCCN1C)c1cnccn1. The summed E-state index contributed by atoms with van der Waals surface area (Å²) >= 11 is 0. The van der Waals surface area contributed by atoms with Gasteiger partial charge in [-0.1, -0.05) is 0 Å². The Morgan fingerprint density at radius 2 is 2.05 bits per heavy atom. The lowest BCUT2D eigenvalue weighted by Crippen LogP contribution is -2.49. The van der Waals surface area contributed by atoms with Gasteiger partial charge in [0.2, 0.25) is 5.91 Å². The summed E-state index contributed by atoms with van der Waals surface area (Å²) in [6, 6.07) is 0.920. The summed E-state index contributed by atoms with van der Waals surface area (Å²) in [5.74, 6) is 0.945. The Bertz CT molecular complexity index is 509. The normalized spacial score (nSPS) is 25.6. The van der Waals surface area contributed by atoms with Crippen molar-refractivity contribution < 1.29 is 4.79 Å². The van der Waals surface area contributed by atoms with E-state index in [1.807, 2.05) is 11.9 Å². The average Bonchev–Trinajstić information content (AvgIpc) is 3.16. The van der Waals surface area contributed by atoms with E-state index in [0.29, 0.717) is 18.6 Å². The minimum absolute atomic E-state index is 0.205. The molecule has 2 saturated heterocycles. The van der Waals surface area contributed by atoms with Crippen LogP contribution in [0.4, 0.5) is 5.82 Å². The lowest BCUT2D eigenvalue weighted by atomic mass is 10.0. The third kappa shape index (κ3) is 3.06. The quantitative estimate of drug-likeness (QED) is 0.830. The molecule has 2 aliphatic heterocycles. The number of likely N-dealkylation sites (N-methyl/N-ethyl adjacent to an activating group) is 2. The van der Waals surface area contributed by atoms with Crippen LogP contribution in [0.2, 0.25) is 0 Å². The van der Waals surface area contributed by atoms with Crippen LogP contribution >= 0.6 is 0 Å². The van der Waals surface area contributed by atoms with Crippen LogP contribution in [0, 0.1) is 0 Å². The zero-order valence-corrected chi connectivity index (χ0v) is 13.5. The number of amides is 1. The van der Waals surface area contributed by atoms with Crippen molar-refractivity contribution >= 4 is 11.7 Å². The van der Waals surface area contributed by atoms with Crippen LogP contribution < -0.4 is 4.90 Å². The fourth-order valence-electron chi connectivity index (χ4n) is 3.79. The number of carbonyl (C=O) groups excluding carboxylic acids is 1. The molecule has 0 spiro atoms. The van der Waals surface area contributed by atoms with E-state index in [1.54, 1.807) is 18.6 Å². The van der Waals surface area contributed by atoms with Crippen molar-refractivity contribution in [3.63, 3.8) is 0 Å². The zero-order valence-electron chi connectivity index (χ0n) is 13.5. The lowest BCUT2D eigenvalue weighted by molar-refractivity contribution is -0.131. The van der Waals surface area contributed by atoms with Crippen LogP contribution in [0.25, 0.3) is 0 Å². The predicted molar refractivity (Wildman–Crippen MR) is 85.7 cm³/mol. The maximum Gasteiger partial charge on any atom is 0.242 e. The van der Waals surface area contributed by atoms with Gasteiger partial charge in [-0.15, -0.1) is 0 Å². The minimum Gasteiger partial charge on any atom is -0.349 e. The third-order valence-corrected chi connectivity index (χ3v) is 4.95. The highest BCUT2D eigenvalue weighted by atomic mass is 16.2. The molecule has 2 atom stereocenters. The summed E-state index contributed by atoms with van der Waals surface area (Å²) in [7, 11) is 4.08. The maximum atomic E-state index is 12.7. The molecule has 0 unspecified atom stereocenters. The van der Waals surface area contributed by atoms with Gasteiger partial charge in [0.25, 0.3) is 0 Å². The molecule has 2 aliphatic rings. The Labute approximate surface area is 132 Å². The fraction of sp³-hybridized carbons (Fsp3) is 0.688. The molecule has 6 heteroatoms. The number of carbonyl (C=O) groups is 1. The molecule has 0 radical (unpaired) electrons. The van der Waals surface area contributed by atoms with Crippen molar-refractivity contribution in [1.82, 2.24) is 19.8 Å². The highest BCUT2D eigenvalue weighted by Gasteiger charge is 2.38. The zero-order chi connectivity index (χ0) is 15.5. The average molecular weight is 303 g/mol. The third-order valence-electron chi connectivity index (χ3n) is 4.95. The standard InChI is InChI=1S/C16H25N5O/c1-19-9-3-5-13(19)14-6-4-10-21(14)16(22)12-20(2)15-11-17-7-8-18-15/h7-8,11,13-14H,3-6,9-10,12H2,1-2H3/t13-,14+/m0/s1. The van der Waals surface area contributed by atoms with Crippen molar-refractivity contribution in [2.75, 3.05) is 38.6 Å². The first-order valence-electron chi connectivity index (χ1n) is 8.13. The van der Waals surface area contributed by atoms with Gasteiger partial charge in [0.1, 0.15) is 5.82 Å². The fourth-order valence-corrected chi connectivity index (χ4v) is 3.79. The van der Waals surface area contributed by atoms with E-state index in [1.165, 1.54) is 12.8 Å². The number of hydrogen-bond donors (Lipinski definition) is 0. The van der Waals surface area contributed by atoms with Gasteiger partial charge >= 0.3 is 0 Å². The predicted octanol–water partition coefficient (Wildman–Crippen LogP) is 0.998. The first-order valence-corrected chi connectivity index (χ1v) is 8.13. The van der Waals surface area contributed by atoms with Crippen molar-refractivity contribution in [2.45, 2.75) is 37.8 Å². The van der Waals surface area contributed by atoms with Gasteiger partial charge in [-0.05, 0) is 39.3 Å². The topological polar surface area (TPSA) is 52.6 Å². The van der Waals surface area contributed by atoms with Crippen molar-refractivity contribution in [2.24, 2.45) is 0 Å². The second kappa shape index (κ2) is 6.60. The molecular weight excluding hydrogens is 278 g/mol. The number of likely N-dealkylation sites (tertiary alicyclic amines) is 2. The Balaban J connectivity index is 1.63. The van der Waals surface area contributed by atoms with E-state index < -0.39 is 0 Å². The highest BCUT2D eigenvalue weighted by molar-refractivity contribution is 5.81. The molecule has 1 aromatic heterocycles. The smallest absolute Gasteiger partial charge is 0.242 e. The molecule has 0 bridgehead atoms. The summed E-state index contributed by atoms with van der Waals surface area (Å²) in [6.07, 6.45) is 9.71. The van der Waals surface area contributed by atoms with Gasteiger partial charge in [-0.3, -0.25) is 9.78 Å². The van der Waals surface area contributed by atoms with Gasteiger partial charge in [0.05, 0.1) is 12.7 Å². The summed E-state index contributed by atoms with van der Waals surface area (Å²) in [6.45, 7) is 2.41. The van der Waals surface area contributed by atoms with Crippen LogP contribution in [-0.2, 0) is 4.79 Å². The second-order valence-corrected chi connectivity index (χ2v) is 6.41. The highest BCUT2D eigenvalue weighted by Crippen LogP contribution is 2.29. The molecule has 6 nitrogen and oxygen atoms in total. The molecule has 120 valence electrons. The van der Waals surface area contributed by atoms with Crippen LogP contribution in [0.15, 0.2) is 18.6 Å². The van der Waals surface area contributed by atoms with Gasteiger partial charge < -0.3 is 14.7 Å². The van der Waals surface area contributed by atoms with Crippen molar-refractivity contribution in [3.05, 3.63) is 18.6 Å². The van der Waals surface area contributed by atoms with E-state index in [9.17, 15) is 4.79 Å². The number of rotatable bonds is 4. The van der Waals surface area contributed by atoms with Gasteiger partial charge in [-0.25, -0.2) is 4.98 Å². The van der Waals surface area contributed by atoms with E-state index >= 15 is 0 Å². The Morgan fingerprint density at radius 1 is 1.27 bits per heavy atom. The van der Waals surface area contributed by atoms with Crippen molar-refractivity contribution in [3.8, 4) is 0 Å². The van der Waals surface area contributed by atoms with E-state index in [0.717, 1.165) is 31.7 Å². The first kappa shape index (κ1) is 15.2. The molecule has 0 aromatic carbocycles. The summed E-state index contributed by atoms with van der Waals surface area (Å²) in [5.41, 5.74) is 0. The monoisotopic (exact) mass is 303 g/mol. The molecule has 1 amide bonds. The molecule has 2 fully saturated rings. The van der Waals surface area contributed by atoms with Crippen LogP contribution in [0.5, 0.6) is 0 Å². The number of hydrogen-bond acceptors (Lipinski definition) is 5. The molecule has 0 N–H and O–H groups in total. The first-order chi connectivity index (χ1) is 10.7. The van der Waals surface area contributed by atoms with E-state index in [-0.39, 0.29) is 5.91 Å². The minimum atomic E-state index is 0.205. The van der Waals surface area contributed by atoms with Crippen molar-refractivity contribution in [1.29, 1.82) is 0 Å². The van der Waals surface area contributed by atoms with Gasteiger partial charge in [0.15, 0.2) is 0 Å². The van der Waals surface area contributed by atoms with E-state index in [2.05, 4.69) is 26.8 Å². The van der Waals surface area contributed by atoms with E-state index in [4.69, 9.17) is 0 Å². The maximum absolute atomic E-state index is 12.7. The number of nitrogens with zero attached hydrogens (tertiary/aromatic N) is 5. The van der Waals surface area contributed by atoms with Crippen LogP contribution in [-0.4, -0.2) is 71.5 Å². The molecular formula is C16H25N5O. The van der Waals surface area contributed by atoms with Crippen LogP contribution in [0.3, 0.4) is 0 Å². The molecule has 0 saturated carbocycles. The summed E-state index contributed by atoms with van der Waals surface area (Å²) in [5, 5.41) is 0. The summed E-state index contributed by atoms with van der Waals surface area (Å²) < 4.78 is 0. The Morgan fingerprint density at radius 3 is 2.73 bits per heavy atom. The Kier molecular flexibility index (Phi) is 4.57. The molecule has 1 aromatic rings. The lowest BCUT2D eigenvalue weighted by Gasteiger charge is -2.34. The van der Waals surface area contributed by atoms with Gasteiger partial charge in [-0.2, -0.15) is 0 Å². The molecule has 3 rings (SSSR count). The second-order valence-electron chi connectivity index (χ2n) is 6.41. The number of aromatic nitrogens is 2. The molecule has 3 heterocycles. The van der Waals surface area contributed by atoms with Crippen LogP contribution in [0.1, 0.15) is 25.7 Å². The molecule has 0 aliphatic carbocycles. The Hall–Kier alpha value is -1.69. The number of anilines is 1. The largest absolute Gasteiger partial charge is 0.349 e. The molecule has 22 heavy (non-hydrogen) atoms.